The van der Waals surface area contributed by atoms with Crippen molar-refractivity contribution in [2.45, 2.75) is 58.0 Å². The van der Waals surface area contributed by atoms with Crippen LogP contribution in [0.4, 0.5) is 0 Å². The van der Waals surface area contributed by atoms with E-state index in [-0.39, 0.29) is 18.1 Å². The Hall–Kier alpha value is -2.23. The number of carbonyl (C=O) groups is 1. The Labute approximate surface area is 231 Å². The molecule has 1 aliphatic rings. The molecule has 1 atom stereocenters. The van der Waals surface area contributed by atoms with Gasteiger partial charge in [0.2, 0.25) is 0 Å². The van der Waals surface area contributed by atoms with Crippen LogP contribution in [-0.2, 0) is 9.53 Å². The number of rotatable bonds is 7. The monoisotopic (exact) mass is 637 g/mol. The standard InChI is InChI=1S/C26H26Br2ClN3O4/c1-3-35-26(34)15(2)36-23-17(11-19(29)13-21(23)28)14-30-32-24(16-7-5-4-6-8-16)31-22-10-9-18(27)12-20(22)25(32)33/h9-16H,3-8H2,1-2H3/t15-/m1/s1. The van der Waals surface area contributed by atoms with Gasteiger partial charge in [-0.15, -0.1) is 0 Å². The second kappa shape index (κ2) is 11.9. The van der Waals surface area contributed by atoms with Crippen LogP contribution < -0.4 is 10.3 Å². The number of nitrogens with zero attached hydrogens (tertiary/aromatic N) is 3. The second-order valence-corrected chi connectivity index (χ2v) is 10.9. The van der Waals surface area contributed by atoms with Crippen molar-refractivity contribution in [1.82, 2.24) is 9.66 Å². The van der Waals surface area contributed by atoms with Crippen molar-refractivity contribution in [3.63, 3.8) is 0 Å². The van der Waals surface area contributed by atoms with Gasteiger partial charge in [-0.2, -0.15) is 9.78 Å². The van der Waals surface area contributed by atoms with Gasteiger partial charge in [-0.1, -0.05) is 46.8 Å². The first-order chi connectivity index (χ1) is 17.3. The molecule has 0 saturated heterocycles. The van der Waals surface area contributed by atoms with E-state index in [0.717, 1.165) is 30.2 Å². The normalized spacial score (nSPS) is 15.4. The Balaban J connectivity index is 1.81. The van der Waals surface area contributed by atoms with E-state index in [2.05, 4.69) is 37.0 Å². The van der Waals surface area contributed by atoms with E-state index < -0.39 is 12.1 Å². The number of hydrogen-bond acceptors (Lipinski definition) is 6. The third kappa shape index (κ3) is 6.01. The first-order valence-electron chi connectivity index (χ1n) is 11.9. The highest BCUT2D eigenvalue weighted by Gasteiger charge is 2.23. The van der Waals surface area contributed by atoms with Gasteiger partial charge in [0.1, 0.15) is 11.6 Å². The van der Waals surface area contributed by atoms with Crippen LogP contribution in [-0.4, -0.2) is 34.6 Å². The molecule has 1 aliphatic carbocycles. The molecule has 0 N–H and O–H groups in total. The zero-order chi connectivity index (χ0) is 25.8. The highest BCUT2D eigenvalue weighted by molar-refractivity contribution is 9.10. The molecule has 0 aliphatic heterocycles. The molecule has 1 aromatic heterocycles. The lowest BCUT2D eigenvalue weighted by molar-refractivity contribution is -0.150. The third-order valence-electron chi connectivity index (χ3n) is 6.07. The molecule has 36 heavy (non-hydrogen) atoms. The zero-order valence-corrected chi connectivity index (χ0v) is 23.9. The Bertz CT molecular complexity index is 1370. The van der Waals surface area contributed by atoms with Crippen LogP contribution in [0.2, 0.25) is 5.02 Å². The first-order valence-corrected chi connectivity index (χ1v) is 13.8. The topological polar surface area (TPSA) is 82.8 Å². The minimum atomic E-state index is -0.852. The summed E-state index contributed by atoms with van der Waals surface area (Å²) in [6.45, 7) is 3.59. The largest absolute Gasteiger partial charge is 0.477 e. The summed E-state index contributed by atoms with van der Waals surface area (Å²) in [5.74, 6) is 0.673. The summed E-state index contributed by atoms with van der Waals surface area (Å²) in [5, 5.41) is 5.51. The maximum atomic E-state index is 13.6. The van der Waals surface area contributed by atoms with E-state index in [9.17, 15) is 9.59 Å². The lowest BCUT2D eigenvalue weighted by Crippen LogP contribution is -2.27. The van der Waals surface area contributed by atoms with Crippen molar-refractivity contribution in [2.75, 3.05) is 6.61 Å². The van der Waals surface area contributed by atoms with Crippen LogP contribution in [0, 0.1) is 0 Å². The fourth-order valence-corrected chi connectivity index (χ4v) is 5.60. The van der Waals surface area contributed by atoms with Crippen molar-refractivity contribution < 1.29 is 14.3 Å². The SMILES string of the molecule is CCOC(=O)[C@@H](C)Oc1c(Br)cc(Cl)cc1C=Nn1c(C2CCCCC2)nc2ccc(Br)cc2c1=O. The number of halogens is 3. The van der Waals surface area contributed by atoms with Gasteiger partial charge in [0.25, 0.3) is 5.56 Å². The Morgan fingerprint density at radius 2 is 2.00 bits per heavy atom. The van der Waals surface area contributed by atoms with Gasteiger partial charge in [-0.25, -0.2) is 9.78 Å². The van der Waals surface area contributed by atoms with Crippen LogP contribution in [0.15, 0.2) is 49.2 Å². The average molecular weight is 640 g/mol. The zero-order valence-electron chi connectivity index (χ0n) is 20.0. The third-order valence-corrected chi connectivity index (χ3v) is 7.37. The van der Waals surface area contributed by atoms with Crippen molar-refractivity contribution in [2.24, 2.45) is 5.10 Å². The summed E-state index contributed by atoms with van der Waals surface area (Å²) in [4.78, 5) is 30.6. The summed E-state index contributed by atoms with van der Waals surface area (Å²) < 4.78 is 13.7. The van der Waals surface area contributed by atoms with E-state index >= 15 is 0 Å². The van der Waals surface area contributed by atoms with Gasteiger partial charge in [0, 0.05) is 21.0 Å². The number of ether oxygens (including phenoxy) is 2. The first kappa shape index (κ1) is 26.8. The Morgan fingerprint density at radius 1 is 1.25 bits per heavy atom. The summed E-state index contributed by atoms with van der Waals surface area (Å²) in [7, 11) is 0. The van der Waals surface area contributed by atoms with Crippen molar-refractivity contribution in [3.8, 4) is 5.75 Å². The fraction of sp³-hybridized carbons (Fsp3) is 0.385. The van der Waals surface area contributed by atoms with Crippen LogP contribution in [0.3, 0.4) is 0 Å². The number of aromatic nitrogens is 2. The van der Waals surface area contributed by atoms with Crippen molar-refractivity contribution in [3.05, 3.63) is 66.0 Å². The van der Waals surface area contributed by atoms with Gasteiger partial charge in [0.15, 0.2) is 6.10 Å². The molecule has 190 valence electrons. The summed E-state index contributed by atoms with van der Waals surface area (Å²) in [6, 6.07) is 8.82. The van der Waals surface area contributed by atoms with E-state index in [4.69, 9.17) is 26.1 Å². The summed E-state index contributed by atoms with van der Waals surface area (Å²) in [6.07, 6.45) is 5.94. The van der Waals surface area contributed by atoms with Crippen molar-refractivity contribution in [1.29, 1.82) is 0 Å². The molecule has 1 fully saturated rings. The molecule has 0 spiro atoms. The number of benzene rings is 2. The molecular weight excluding hydrogens is 614 g/mol. The molecule has 2 aromatic carbocycles. The van der Waals surface area contributed by atoms with Gasteiger partial charge < -0.3 is 9.47 Å². The molecule has 3 aromatic rings. The molecule has 0 bridgehead atoms. The van der Waals surface area contributed by atoms with Gasteiger partial charge >= 0.3 is 5.97 Å². The van der Waals surface area contributed by atoms with Crippen LogP contribution in [0.25, 0.3) is 10.9 Å². The smallest absolute Gasteiger partial charge is 0.347 e. The molecule has 7 nitrogen and oxygen atoms in total. The Morgan fingerprint density at radius 3 is 2.72 bits per heavy atom. The van der Waals surface area contributed by atoms with E-state index in [1.54, 1.807) is 32.0 Å². The molecule has 4 rings (SSSR count). The van der Waals surface area contributed by atoms with E-state index in [0.29, 0.717) is 37.5 Å². The number of esters is 1. The molecule has 10 heteroatoms. The molecule has 0 radical (unpaired) electrons. The molecule has 1 heterocycles. The molecule has 0 unspecified atom stereocenters. The minimum absolute atomic E-state index is 0.141. The number of fused-ring (bicyclic) bond motifs is 1. The number of hydrogen-bond donors (Lipinski definition) is 0. The van der Waals surface area contributed by atoms with Crippen LogP contribution in [0.5, 0.6) is 5.75 Å². The highest BCUT2D eigenvalue weighted by Crippen LogP contribution is 2.34. The second-order valence-electron chi connectivity index (χ2n) is 8.65. The Kier molecular flexibility index (Phi) is 8.85. The lowest BCUT2D eigenvalue weighted by Gasteiger charge is -2.23. The highest BCUT2D eigenvalue weighted by atomic mass is 79.9. The molecular formula is C26H26Br2ClN3O4. The maximum absolute atomic E-state index is 13.6. The predicted molar refractivity (Wildman–Crippen MR) is 148 cm³/mol. The van der Waals surface area contributed by atoms with Crippen LogP contribution in [0.1, 0.15) is 63.3 Å². The minimum Gasteiger partial charge on any atom is -0.477 e. The molecule has 0 amide bonds. The summed E-state index contributed by atoms with van der Waals surface area (Å²) in [5.41, 5.74) is 0.899. The lowest BCUT2D eigenvalue weighted by atomic mass is 9.88. The maximum Gasteiger partial charge on any atom is 0.347 e. The number of carbonyl (C=O) groups excluding carboxylic acids is 1. The van der Waals surface area contributed by atoms with E-state index in [1.165, 1.54) is 17.3 Å². The molecule has 1 saturated carbocycles. The van der Waals surface area contributed by atoms with Crippen LogP contribution >= 0.6 is 43.5 Å². The quantitative estimate of drug-likeness (QED) is 0.209. The predicted octanol–water partition coefficient (Wildman–Crippen LogP) is 6.84. The average Bonchev–Trinajstić information content (AvgIpc) is 2.86. The van der Waals surface area contributed by atoms with Gasteiger partial charge in [-0.05, 0) is 73.0 Å². The van der Waals surface area contributed by atoms with Crippen molar-refractivity contribution >= 4 is 66.5 Å². The summed E-state index contributed by atoms with van der Waals surface area (Å²) >= 11 is 13.2. The van der Waals surface area contributed by atoms with Gasteiger partial charge in [0.05, 0.1) is 28.2 Å². The fourth-order valence-electron chi connectivity index (χ4n) is 4.31. The van der Waals surface area contributed by atoms with Gasteiger partial charge in [-0.3, -0.25) is 4.79 Å². The van der Waals surface area contributed by atoms with E-state index in [1.807, 2.05) is 12.1 Å².